The van der Waals surface area contributed by atoms with Crippen molar-refractivity contribution in [1.29, 1.82) is 0 Å². The van der Waals surface area contributed by atoms with Crippen molar-refractivity contribution < 1.29 is 9.90 Å². The Morgan fingerprint density at radius 2 is 2.60 bits per heavy atom. The first-order chi connectivity index (χ1) is 4.61. The third-order valence-corrected chi connectivity index (χ3v) is 1.50. The van der Waals surface area contributed by atoms with E-state index in [1.54, 1.807) is 7.05 Å². The number of nitrogens with zero attached hydrogens (tertiary/aromatic N) is 1. The molecule has 1 saturated heterocycles. The van der Waals surface area contributed by atoms with Gasteiger partial charge >= 0.3 is 6.03 Å². The molecule has 4 nitrogen and oxygen atoms in total. The third-order valence-electron chi connectivity index (χ3n) is 1.50. The number of hydrogen-bond acceptors (Lipinski definition) is 2. The van der Waals surface area contributed by atoms with E-state index in [4.69, 9.17) is 5.11 Å². The van der Waals surface area contributed by atoms with Crippen LogP contribution >= 0.6 is 0 Å². The van der Waals surface area contributed by atoms with Crippen LogP contribution in [0.2, 0.25) is 0 Å². The van der Waals surface area contributed by atoms with Crippen LogP contribution in [0.3, 0.4) is 0 Å². The van der Waals surface area contributed by atoms with Crippen molar-refractivity contribution in [3.63, 3.8) is 0 Å². The third kappa shape index (κ3) is 1.05. The van der Waals surface area contributed by atoms with Crippen LogP contribution in [-0.2, 0) is 0 Å². The van der Waals surface area contributed by atoms with E-state index in [1.807, 2.05) is 0 Å². The van der Waals surface area contributed by atoms with E-state index in [2.05, 4.69) is 11.9 Å². The van der Waals surface area contributed by atoms with E-state index >= 15 is 0 Å². The Hall–Kier alpha value is -1.19. The van der Waals surface area contributed by atoms with Gasteiger partial charge in [0.15, 0.2) is 0 Å². The predicted octanol–water partition coefficient (Wildman–Crippen LogP) is 0.0817. The van der Waals surface area contributed by atoms with Crippen molar-refractivity contribution in [2.75, 3.05) is 13.6 Å². The number of aliphatic hydroxyl groups is 1. The summed E-state index contributed by atoms with van der Waals surface area (Å²) in [5.41, 5.74) is 0. The largest absolute Gasteiger partial charge is 0.511 e. The zero-order chi connectivity index (χ0) is 7.72. The molecule has 2 N–H and O–H groups in total. The lowest BCUT2D eigenvalue weighted by molar-refractivity contribution is 0.226. The monoisotopic (exact) mass is 142 g/mol. The van der Waals surface area contributed by atoms with Gasteiger partial charge < -0.3 is 15.3 Å². The van der Waals surface area contributed by atoms with Crippen molar-refractivity contribution in [3.05, 3.63) is 12.3 Å². The summed E-state index contributed by atoms with van der Waals surface area (Å²) in [7, 11) is 1.66. The lowest BCUT2D eigenvalue weighted by atomic mass is 10.3. The average Bonchev–Trinajstić information content (AvgIpc) is 2.13. The molecule has 0 radical (unpaired) electrons. The second kappa shape index (κ2) is 2.21. The Morgan fingerprint density at radius 3 is 2.80 bits per heavy atom. The van der Waals surface area contributed by atoms with E-state index in [0.717, 1.165) is 0 Å². The lowest BCUT2D eigenvalue weighted by Crippen LogP contribution is -2.28. The Morgan fingerprint density at radius 1 is 2.00 bits per heavy atom. The van der Waals surface area contributed by atoms with Crippen LogP contribution in [0, 0.1) is 0 Å². The number of amides is 2. The molecular formula is C6H10N2O2. The van der Waals surface area contributed by atoms with Gasteiger partial charge in [0.25, 0.3) is 0 Å². The quantitative estimate of drug-likeness (QED) is 0.509. The number of rotatable bonds is 1. The number of carbonyl (C=O) groups excluding carboxylic acids is 1. The molecule has 2 amide bonds. The fraction of sp³-hybridized carbons (Fsp3) is 0.500. The summed E-state index contributed by atoms with van der Waals surface area (Å²) in [5.74, 6) is 0.0118. The number of hydrogen-bond donors (Lipinski definition) is 2. The zero-order valence-electron chi connectivity index (χ0n) is 5.79. The summed E-state index contributed by atoms with van der Waals surface area (Å²) >= 11 is 0. The van der Waals surface area contributed by atoms with Crippen LogP contribution in [0.4, 0.5) is 4.79 Å². The average molecular weight is 142 g/mol. The van der Waals surface area contributed by atoms with Crippen LogP contribution in [0.1, 0.15) is 0 Å². The molecule has 0 saturated carbocycles. The molecule has 1 atom stereocenters. The molecule has 1 fully saturated rings. The Bertz CT molecular complexity index is 179. The minimum atomic E-state index is -0.294. The van der Waals surface area contributed by atoms with Gasteiger partial charge in [0, 0.05) is 13.6 Å². The van der Waals surface area contributed by atoms with Gasteiger partial charge in [0.1, 0.15) is 11.8 Å². The van der Waals surface area contributed by atoms with E-state index < -0.39 is 0 Å². The first-order valence-corrected chi connectivity index (χ1v) is 3.00. The standard InChI is InChI=1S/C6H10N2O2/c1-4(9)5-3-8(2)6(10)7-5/h5,9H,1,3H2,2H3,(H,7,10)/t5-/m0/s1. The van der Waals surface area contributed by atoms with Gasteiger partial charge in [-0.2, -0.15) is 0 Å². The first kappa shape index (κ1) is 6.92. The summed E-state index contributed by atoms with van der Waals surface area (Å²) in [4.78, 5) is 12.2. The number of aliphatic hydroxyl groups excluding tert-OH is 1. The van der Waals surface area contributed by atoms with Crippen LogP contribution < -0.4 is 5.32 Å². The Labute approximate surface area is 59.1 Å². The maximum atomic E-state index is 10.8. The highest BCUT2D eigenvalue weighted by Crippen LogP contribution is 2.05. The molecular weight excluding hydrogens is 132 g/mol. The van der Waals surface area contributed by atoms with Gasteiger partial charge in [-0.1, -0.05) is 6.58 Å². The van der Waals surface area contributed by atoms with Crippen LogP contribution in [-0.4, -0.2) is 35.7 Å². The van der Waals surface area contributed by atoms with E-state index in [-0.39, 0.29) is 17.8 Å². The summed E-state index contributed by atoms with van der Waals surface area (Å²) in [6, 6.07) is -0.460. The van der Waals surface area contributed by atoms with Crippen molar-refractivity contribution in [3.8, 4) is 0 Å². The summed E-state index contributed by atoms with van der Waals surface area (Å²) < 4.78 is 0. The summed E-state index contributed by atoms with van der Waals surface area (Å²) in [6.45, 7) is 3.81. The molecule has 1 rings (SSSR count). The lowest BCUT2D eigenvalue weighted by Gasteiger charge is -2.05. The number of urea groups is 1. The van der Waals surface area contributed by atoms with E-state index in [1.165, 1.54) is 4.90 Å². The predicted molar refractivity (Wildman–Crippen MR) is 36.7 cm³/mol. The van der Waals surface area contributed by atoms with Crippen molar-refractivity contribution in [2.24, 2.45) is 0 Å². The summed E-state index contributed by atoms with van der Waals surface area (Å²) in [6.07, 6.45) is 0. The van der Waals surface area contributed by atoms with Crippen LogP contribution in [0.25, 0.3) is 0 Å². The minimum Gasteiger partial charge on any atom is -0.511 e. The molecule has 0 aromatic carbocycles. The van der Waals surface area contributed by atoms with Gasteiger partial charge in [-0.05, 0) is 0 Å². The topological polar surface area (TPSA) is 52.6 Å². The second-order valence-electron chi connectivity index (χ2n) is 2.37. The van der Waals surface area contributed by atoms with Crippen molar-refractivity contribution in [1.82, 2.24) is 10.2 Å². The molecule has 1 aliphatic rings. The highest BCUT2D eigenvalue weighted by atomic mass is 16.3. The number of nitrogens with one attached hydrogen (secondary N) is 1. The molecule has 1 aliphatic heterocycles. The molecule has 0 bridgehead atoms. The molecule has 1 heterocycles. The molecule has 4 heteroatoms. The molecule has 0 aromatic heterocycles. The van der Waals surface area contributed by atoms with Gasteiger partial charge in [-0.15, -0.1) is 0 Å². The van der Waals surface area contributed by atoms with Crippen molar-refractivity contribution in [2.45, 2.75) is 6.04 Å². The highest BCUT2D eigenvalue weighted by Gasteiger charge is 2.26. The molecule has 0 aliphatic carbocycles. The number of carbonyl (C=O) groups is 1. The fourth-order valence-corrected chi connectivity index (χ4v) is 0.850. The summed E-state index contributed by atoms with van der Waals surface area (Å²) in [5, 5.41) is 11.4. The Balaban J connectivity index is 2.57. The smallest absolute Gasteiger partial charge is 0.317 e. The van der Waals surface area contributed by atoms with Gasteiger partial charge in [-0.25, -0.2) is 4.79 Å². The fourth-order valence-electron chi connectivity index (χ4n) is 0.850. The highest BCUT2D eigenvalue weighted by molar-refractivity contribution is 5.77. The van der Waals surface area contributed by atoms with Gasteiger partial charge in [-0.3, -0.25) is 0 Å². The van der Waals surface area contributed by atoms with E-state index in [9.17, 15) is 4.79 Å². The zero-order valence-corrected chi connectivity index (χ0v) is 5.79. The normalized spacial score (nSPS) is 24.7. The molecule has 0 unspecified atom stereocenters. The first-order valence-electron chi connectivity index (χ1n) is 3.00. The van der Waals surface area contributed by atoms with Gasteiger partial charge in [0.2, 0.25) is 0 Å². The maximum Gasteiger partial charge on any atom is 0.317 e. The maximum absolute atomic E-state index is 10.8. The van der Waals surface area contributed by atoms with Crippen molar-refractivity contribution >= 4 is 6.03 Å². The molecule has 56 valence electrons. The molecule has 10 heavy (non-hydrogen) atoms. The SMILES string of the molecule is C=C(O)[C@@H]1CN(C)C(=O)N1. The number of likely N-dealkylation sites (N-methyl/N-ethyl adjacent to an activating group) is 1. The van der Waals surface area contributed by atoms with E-state index in [0.29, 0.717) is 6.54 Å². The molecule has 0 aromatic rings. The minimum absolute atomic E-state index is 0.0118. The second-order valence-corrected chi connectivity index (χ2v) is 2.37. The van der Waals surface area contributed by atoms with Crippen LogP contribution in [0.5, 0.6) is 0 Å². The van der Waals surface area contributed by atoms with Crippen LogP contribution in [0.15, 0.2) is 12.3 Å². The molecule has 0 spiro atoms. The Kier molecular flexibility index (Phi) is 1.53. The van der Waals surface area contributed by atoms with Gasteiger partial charge in [0.05, 0.1) is 0 Å².